The third-order valence-corrected chi connectivity index (χ3v) is 2.16. The summed E-state index contributed by atoms with van der Waals surface area (Å²) in [4.78, 5) is 2.73. The monoisotopic (exact) mass is 185 g/mol. The first-order valence-electron chi connectivity index (χ1n) is 4.95. The van der Waals surface area contributed by atoms with Gasteiger partial charge in [0.2, 0.25) is 0 Å². The fourth-order valence-corrected chi connectivity index (χ4v) is 1.48. The van der Waals surface area contributed by atoms with E-state index in [-0.39, 0.29) is 0 Å². The molecule has 76 valence electrons. The number of hydrogen-bond acceptors (Lipinski definition) is 1. The van der Waals surface area contributed by atoms with Crippen molar-refractivity contribution in [3.05, 3.63) is 10.4 Å². The minimum absolute atomic E-state index is 0.641. The summed E-state index contributed by atoms with van der Waals surface area (Å²) in [6.07, 6.45) is 3.38. The van der Waals surface area contributed by atoms with E-state index < -0.39 is 0 Å². The molecule has 0 atom stereocenters. The van der Waals surface area contributed by atoms with Crippen LogP contribution >= 0.6 is 0 Å². The summed E-state index contributed by atoms with van der Waals surface area (Å²) in [5, 5.41) is 3.51. The molecule has 0 saturated heterocycles. The Morgan fingerprint density at radius 3 is 2.46 bits per heavy atom. The van der Waals surface area contributed by atoms with Crippen molar-refractivity contribution in [1.82, 2.24) is 0 Å². The van der Waals surface area contributed by atoms with E-state index in [1.165, 1.54) is 19.5 Å². The second-order valence-electron chi connectivity index (χ2n) is 4.04. The second kappa shape index (κ2) is 6.75. The molecule has 0 rings (SSSR count). The molecule has 0 aromatic rings. The van der Waals surface area contributed by atoms with Crippen LogP contribution in [-0.4, -0.2) is 38.2 Å². The summed E-state index contributed by atoms with van der Waals surface area (Å²) in [5.74, 6) is 0. The Morgan fingerprint density at radius 1 is 1.23 bits per heavy atom. The molecular weight excluding hydrogens is 164 g/mol. The average molecular weight is 185 g/mol. The lowest BCUT2D eigenvalue weighted by molar-refractivity contribution is -0.890. The predicted octanol–water partition coefficient (Wildman–Crippen LogP) is 2.56. The highest BCUT2D eigenvalue weighted by atomic mass is 15.3. The van der Waals surface area contributed by atoms with E-state index in [2.05, 4.69) is 31.0 Å². The van der Waals surface area contributed by atoms with Crippen molar-refractivity contribution in [3.8, 4) is 0 Å². The molecule has 4 nitrogen and oxygen atoms in total. The van der Waals surface area contributed by atoms with Crippen LogP contribution in [0, 0.1) is 0 Å². The van der Waals surface area contributed by atoms with Crippen molar-refractivity contribution in [3.63, 3.8) is 0 Å². The largest absolute Gasteiger partial charge is 0.328 e. The van der Waals surface area contributed by atoms with Gasteiger partial charge in [0.1, 0.15) is 0 Å². The number of unbranched alkanes of at least 4 members (excludes halogenated alkanes) is 1. The van der Waals surface area contributed by atoms with Gasteiger partial charge in [0.15, 0.2) is 0 Å². The molecule has 0 heterocycles. The Hall–Kier alpha value is -0.730. The minimum atomic E-state index is 0.641. The van der Waals surface area contributed by atoms with Crippen LogP contribution in [0.1, 0.15) is 26.2 Å². The average Bonchev–Trinajstić information content (AvgIpc) is 2.04. The van der Waals surface area contributed by atoms with Crippen molar-refractivity contribution < 1.29 is 4.48 Å². The second-order valence-corrected chi connectivity index (χ2v) is 4.04. The lowest BCUT2D eigenvalue weighted by Crippen LogP contribution is -2.40. The van der Waals surface area contributed by atoms with Crippen LogP contribution in [0.5, 0.6) is 0 Å². The van der Waals surface area contributed by atoms with Gasteiger partial charge >= 0.3 is 0 Å². The van der Waals surface area contributed by atoms with Crippen LogP contribution in [0.3, 0.4) is 0 Å². The molecule has 0 amide bonds. The number of rotatable bonds is 7. The fraction of sp³-hybridized carbons (Fsp3) is 1.00. The summed E-state index contributed by atoms with van der Waals surface area (Å²) < 4.78 is 1.08. The Labute approximate surface area is 80.8 Å². The van der Waals surface area contributed by atoms with E-state index in [9.17, 15) is 0 Å². The standard InChI is InChI=1S/C9H21N4/c1-4-8-13(2,3)9-6-5-7-11-12-10/h4-9H2,1-3H3/q+1. The SMILES string of the molecule is CCC[N+](C)(C)CCCCN=[N+]=[N-]. The summed E-state index contributed by atoms with van der Waals surface area (Å²) in [6.45, 7) is 5.25. The molecule has 0 radical (unpaired) electrons. The first-order valence-corrected chi connectivity index (χ1v) is 4.95. The van der Waals surface area contributed by atoms with Gasteiger partial charge in [-0.15, -0.1) is 0 Å². The third kappa shape index (κ3) is 7.62. The molecule has 0 N–H and O–H groups in total. The number of quaternary nitrogens is 1. The summed E-state index contributed by atoms with van der Waals surface area (Å²) in [7, 11) is 4.49. The molecule has 4 heteroatoms. The molecular formula is C9H21N4+. The van der Waals surface area contributed by atoms with Crippen LogP contribution in [0.15, 0.2) is 5.11 Å². The van der Waals surface area contributed by atoms with Gasteiger partial charge in [-0.05, 0) is 24.8 Å². The van der Waals surface area contributed by atoms with Gasteiger partial charge in [0.05, 0.1) is 27.2 Å². The summed E-state index contributed by atoms with van der Waals surface area (Å²) in [6, 6.07) is 0. The topological polar surface area (TPSA) is 48.8 Å². The molecule has 0 bridgehead atoms. The van der Waals surface area contributed by atoms with E-state index in [0.717, 1.165) is 17.3 Å². The van der Waals surface area contributed by atoms with Crippen molar-refractivity contribution >= 4 is 0 Å². The van der Waals surface area contributed by atoms with Gasteiger partial charge in [0, 0.05) is 11.5 Å². The number of azide groups is 1. The van der Waals surface area contributed by atoms with E-state index in [4.69, 9.17) is 5.53 Å². The smallest absolute Gasteiger partial charge is 0.0782 e. The molecule has 0 fully saturated rings. The maximum absolute atomic E-state index is 8.06. The van der Waals surface area contributed by atoms with Crippen LogP contribution in [0.2, 0.25) is 0 Å². The van der Waals surface area contributed by atoms with Gasteiger partial charge in [-0.3, -0.25) is 0 Å². The lowest BCUT2D eigenvalue weighted by atomic mass is 10.2. The minimum Gasteiger partial charge on any atom is -0.328 e. The number of nitrogens with zero attached hydrogens (tertiary/aromatic N) is 4. The predicted molar refractivity (Wildman–Crippen MR) is 55.4 cm³/mol. The first-order chi connectivity index (χ1) is 6.12. The van der Waals surface area contributed by atoms with Gasteiger partial charge in [0.25, 0.3) is 0 Å². The summed E-state index contributed by atoms with van der Waals surface area (Å²) >= 11 is 0. The van der Waals surface area contributed by atoms with Crippen molar-refractivity contribution in [1.29, 1.82) is 0 Å². The van der Waals surface area contributed by atoms with Crippen LogP contribution in [-0.2, 0) is 0 Å². The molecule has 0 aromatic carbocycles. The van der Waals surface area contributed by atoms with Crippen LogP contribution < -0.4 is 0 Å². The van der Waals surface area contributed by atoms with Gasteiger partial charge in [-0.25, -0.2) is 0 Å². The highest BCUT2D eigenvalue weighted by molar-refractivity contribution is 4.47. The van der Waals surface area contributed by atoms with Gasteiger partial charge in [-0.1, -0.05) is 12.0 Å². The van der Waals surface area contributed by atoms with Crippen molar-refractivity contribution in [2.45, 2.75) is 26.2 Å². The van der Waals surface area contributed by atoms with Crippen LogP contribution in [0.4, 0.5) is 0 Å². The Balaban J connectivity index is 3.45. The molecule has 0 spiro atoms. The zero-order chi connectivity index (χ0) is 10.2. The van der Waals surface area contributed by atoms with Crippen LogP contribution in [0.25, 0.3) is 10.4 Å². The van der Waals surface area contributed by atoms with Gasteiger partial charge in [-0.2, -0.15) is 0 Å². The first kappa shape index (κ1) is 12.3. The number of hydrogen-bond donors (Lipinski definition) is 0. The van der Waals surface area contributed by atoms with Crippen molar-refractivity contribution in [2.24, 2.45) is 5.11 Å². The quantitative estimate of drug-likeness (QED) is 0.192. The lowest BCUT2D eigenvalue weighted by Gasteiger charge is -2.29. The maximum atomic E-state index is 8.06. The van der Waals surface area contributed by atoms with E-state index in [1.807, 2.05) is 0 Å². The zero-order valence-electron chi connectivity index (χ0n) is 9.03. The van der Waals surface area contributed by atoms with Crippen molar-refractivity contribution in [2.75, 3.05) is 33.7 Å². The Bertz CT molecular complexity index is 170. The van der Waals surface area contributed by atoms with E-state index in [1.54, 1.807) is 0 Å². The molecule has 0 saturated carbocycles. The summed E-state index contributed by atoms with van der Waals surface area (Å²) in [5.41, 5.74) is 8.06. The fourth-order valence-electron chi connectivity index (χ4n) is 1.48. The molecule has 0 unspecified atom stereocenters. The molecule has 13 heavy (non-hydrogen) atoms. The third-order valence-electron chi connectivity index (χ3n) is 2.16. The maximum Gasteiger partial charge on any atom is 0.0782 e. The Morgan fingerprint density at radius 2 is 1.92 bits per heavy atom. The molecule has 0 aliphatic rings. The Kier molecular flexibility index (Phi) is 6.37. The van der Waals surface area contributed by atoms with E-state index in [0.29, 0.717) is 6.54 Å². The molecule has 0 aliphatic heterocycles. The molecule has 0 aliphatic carbocycles. The normalized spacial score (nSPS) is 11.0. The van der Waals surface area contributed by atoms with E-state index >= 15 is 0 Å². The highest BCUT2D eigenvalue weighted by Crippen LogP contribution is 2.03. The zero-order valence-corrected chi connectivity index (χ0v) is 9.03. The van der Waals surface area contributed by atoms with Gasteiger partial charge < -0.3 is 4.48 Å². The highest BCUT2D eigenvalue weighted by Gasteiger charge is 2.11. The molecule has 0 aromatic heterocycles.